The molecule has 0 saturated heterocycles. The van der Waals surface area contributed by atoms with Gasteiger partial charge in [0.15, 0.2) is 0 Å². The second kappa shape index (κ2) is 17.1. The summed E-state index contributed by atoms with van der Waals surface area (Å²) >= 11 is 6.37. The number of hydrogen-bond donors (Lipinski definition) is 1. The summed E-state index contributed by atoms with van der Waals surface area (Å²) in [6, 6.07) is 15.2. The highest BCUT2D eigenvalue weighted by Gasteiger charge is 2.15. The number of aliphatic hydroxyl groups is 1. The largest absolute Gasteiger partial charge is 0.494 e. The zero-order valence-corrected chi connectivity index (χ0v) is 24.3. The molecule has 0 bridgehead atoms. The molecule has 2 unspecified atom stereocenters. The molecule has 4 atom stereocenters. The lowest BCUT2D eigenvalue weighted by molar-refractivity contribution is 0.219. The van der Waals surface area contributed by atoms with E-state index >= 15 is 0 Å². The van der Waals surface area contributed by atoms with Crippen LogP contribution >= 0.6 is 11.6 Å². The van der Waals surface area contributed by atoms with Crippen LogP contribution in [0.2, 0.25) is 5.02 Å². The smallest absolute Gasteiger partial charge is 0.119 e. The Balaban J connectivity index is 1.61. The van der Waals surface area contributed by atoms with Gasteiger partial charge in [0.2, 0.25) is 0 Å². The van der Waals surface area contributed by atoms with Crippen LogP contribution in [0.5, 0.6) is 5.75 Å². The van der Waals surface area contributed by atoms with E-state index in [0.29, 0.717) is 23.1 Å². The summed E-state index contributed by atoms with van der Waals surface area (Å²) in [4.78, 5) is 0. The van der Waals surface area contributed by atoms with Crippen molar-refractivity contribution >= 4 is 11.6 Å². The first-order chi connectivity index (χ1) is 17.3. The minimum absolute atomic E-state index is 0.557. The fraction of sp³-hybridized carbons (Fsp3) is 0.636. The average molecular weight is 515 g/mol. The maximum Gasteiger partial charge on any atom is 0.119 e. The Morgan fingerprint density at radius 3 is 1.78 bits per heavy atom. The average Bonchev–Trinajstić information content (AvgIpc) is 2.85. The molecule has 0 fully saturated rings. The van der Waals surface area contributed by atoms with Gasteiger partial charge in [0.05, 0.1) is 6.61 Å². The summed E-state index contributed by atoms with van der Waals surface area (Å²) in [5.74, 6) is 3.98. The van der Waals surface area contributed by atoms with Crippen LogP contribution in [0.4, 0.5) is 0 Å². The molecular weight excluding hydrogens is 464 g/mol. The maximum atomic E-state index is 10.7. The summed E-state index contributed by atoms with van der Waals surface area (Å²) in [5, 5.41) is 11.3. The molecule has 0 amide bonds. The molecule has 2 aromatic carbocycles. The lowest BCUT2D eigenvalue weighted by atomic mass is 9.91. The first-order valence-corrected chi connectivity index (χ1v) is 14.8. The van der Waals surface area contributed by atoms with E-state index in [2.05, 4.69) is 34.6 Å². The molecule has 2 rings (SSSR count). The standard InChI is InChI=1S/C33H51ClO2/c1-25(2)12-9-13-26(3)14-10-15-27(4)16-11-17-28(5)22-23-36-30-20-21-32(34)31(24-30)33(35)29-18-7-6-8-19-29/h6-8,18-21,24-28,33,35H,9-17,22-23H2,1-5H3/t26-,27-,28?,33?/m1/s1. The molecule has 0 spiro atoms. The minimum atomic E-state index is -0.753. The molecule has 0 radical (unpaired) electrons. The van der Waals surface area contributed by atoms with E-state index in [1.54, 1.807) is 0 Å². The van der Waals surface area contributed by atoms with E-state index in [0.717, 1.165) is 35.5 Å². The summed E-state index contributed by atoms with van der Waals surface area (Å²) < 4.78 is 6.03. The van der Waals surface area contributed by atoms with E-state index < -0.39 is 6.10 Å². The molecule has 0 heterocycles. The minimum Gasteiger partial charge on any atom is -0.494 e. The Morgan fingerprint density at radius 2 is 1.22 bits per heavy atom. The molecule has 0 saturated carbocycles. The predicted molar refractivity (Wildman–Crippen MR) is 156 cm³/mol. The van der Waals surface area contributed by atoms with Crippen molar-refractivity contribution in [2.75, 3.05) is 6.61 Å². The third-order valence-corrected chi connectivity index (χ3v) is 7.87. The van der Waals surface area contributed by atoms with Crippen LogP contribution in [0.3, 0.4) is 0 Å². The molecule has 0 aliphatic carbocycles. The van der Waals surface area contributed by atoms with Crippen molar-refractivity contribution in [2.24, 2.45) is 23.7 Å². The summed E-state index contributed by atoms with van der Waals surface area (Å²) in [5.41, 5.74) is 1.52. The Morgan fingerprint density at radius 1 is 0.694 bits per heavy atom. The SMILES string of the molecule is CC(C)CCC[C@@H](C)CCC[C@@H](C)CCCC(C)CCOc1ccc(Cl)c(C(O)c2ccccc2)c1. The number of hydrogen-bond acceptors (Lipinski definition) is 2. The summed E-state index contributed by atoms with van der Waals surface area (Å²) in [6.45, 7) is 12.5. The van der Waals surface area contributed by atoms with Gasteiger partial charge in [-0.3, -0.25) is 0 Å². The van der Waals surface area contributed by atoms with Gasteiger partial charge in [-0.25, -0.2) is 0 Å². The molecule has 2 aromatic rings. The number of rotatable bonds is 18. The normalized spacial score (nSPS) is 15.0. The zero-order valence-electron chi connectivity index (χ0n) is 23.5. The van der Waals surface area contributed by atoms with Crippen molar-refractivity contribution in [3.05, 3.63) is 64.7 Å². The van der Waals surface area contributed by atoms with Crippen molar-refractivity contribution in [2.45, 2.75) is 105 Å². The van der Waals surface area contributed by atoms with E-state index in [-0.39, 0.29) is 0 Å². The molecule has 0 aromatic heterocycles. The molecule has 202 valence electrons. The first kappa shape index (κ1) is 30.7. The number of ether oxygens (including phenoxy) is 1. The van der Waals surface area contributed by atoms with Crippen molar-refractivity contribution in [3.8, 4) is 5.75 Å². The van der Waals surface area contributed by atoms with Crippen LogP contribution in [0.25, 0.3) is 0 Å². The van der Waals surface area contributed by atoms with E-state index in [1.807, 2.05) is 48.5 Å². The Labute approximate surface area is 226 Å². The van der Waals surface area contributed by atoms with Crippen LogP contribution < -0.4 is 4.74 Å². The van der Waals surface area contributed by atoms with Crippen LogP contribution in [0.15, 0.2) is 48.5 Å². The predicted octanol–water partition coefficient (Wildman–Crippen LogP) is 10.3. The second-order valence-electron chi connectivity index (χ2n) is 11.6. The third-order valence-electron chi connectivity index (χ3n) is 7.52. The van der Waals surface area contributed by atoms with Gasteiger partial charge in [0.1, 0.15) is 11.9 Å². The van der Waals surface area contributed by atoms with E-state index in [4.69, 9.17) is 16.3 Å². The fourth-order valence-electron chi connectivity index (χ4n) is 4.95. The highest BCUT2D eigenvalue weighted by molar-refractivity contribution is 6.31. The van der Waals surface area contributed by atoms with Gasteiger partial charge in [0, 0.05) is 10.6 Å². The monoisotopic (exact) mass is 514 g/mol. The quantitative estimate of drug-likeness (QED) is 0.214. The van der Waals surface area contributed by atoms with Crippen molar-refractivity contribution < 1.29 is 9.84 Å². The molecular formula is C33H51ClO2. The summed E-state index contributed by atoms with van der Waals surface area (Å²) in [7, 11) is 0. The van der Waals surface area contributed by atoms with Gasteiger partial charge in [-0.15, -0.1) is 0 Å². The third kappa shape index (κ3) is 12.2. The van der Waals surface area contributed by atoms with E-state index in [1.165, 1.54) is 57.8 Å². The van der Waals surface area contributed by atoms with Crippen LogP contribution in [-0.2, 0) is 0 Å². The van der Waals surface area contributed by atoms with Crippen molar-refractivity contribution in [1.29, 1.82) is 0 Å². The van der Waals surface area contributed by atoms with Gasteiger partial charge in [-0.2, -0.15) is 0 Å². The highest BCUT2D eigenvalue weighted by Crippen LogP contribution is 2.31. The zero-order chi connectivity index (χ0) is 26.3. The Kier molecular flexibility index (Phi) is 14.6. The second-order valence-corrected chi connectivity index (χ2v) is 12.0. The van der Waals surface area contributed by atoms with Gasteiger partial charge in [0.25, 0.3) is 0 Å². The number of halogens is 1. The highest BCUT2D eigenvalue weighted by atomic mass is 35.5. The van der Waals surface area contributed by atoms with Crippen molar-refractivity contribution in [3.63, 3.8) is 0 Å². The summed E-state index contributed by atoms with van der Waals surface area (Å²) in [6.07, 6.45) is 12.5. The van der Waals surface area contributed by atoms with Gasteiger partial charge >= 0.3 is 0 Å². The number of aliphatic hydroxyl groups excluding tert-OH is 1. The van der Waals surface area contributed by atoms with Gasteiger partial charge in [-0.1, -0.05) is 134 Å². The van der Waals surface area contributed by atoms with Gasteiger partial charge in [-0.05, 0) is 53.9 Å². The molecule has 36 heavy (non-hydrogen) atoms. The van der Waals surface area contributed by atoms with Crippen LogP contribution in [-0.4, -0.2) is 11.7 Å². The van der Waals surface area contributed by atoms with Gasteiger partial charge < -0.3 is 9.84 Å². The molecule has 0 aliphatic rings. The van der Waals surface area contributed by atoms with Crippen LogP contribution in [0, 0.1) is 23.7 Å². The fourth-order valence-corrected chi connectivity index (χ4v) is 5.17. The maximum absolute atomic E-state index is 10.7. The molecule has 1 N–H and O–H groups in total. The molecule has 3 heteroatoms. The lowest BCUT2D eigenvalue weighted by Gasteiger charge is -2.17. The topological polar surface area (TPSA) is 29.5 Å². The van der Waals surface area contributed by atoms with Crippen LogP contribution in [0.1, 0.15) is 116 Å². The number of benzene rings is 2. The molecule has 2 nitrogen and oxygen atoms in total. The van der Waals surface area contributed by atoms with E-state index in [9.17, 15) is 5.11 Å². The van der Waals surface area contributed by atoms with Crippen molar-refractivity contribution in [1.82, 2.24) is 0 Å². The molecule has 0 aliphatic heterocycles. The Hall–Kier alpha value is -1.51. The lowest BCUT2D eigenvalue weighted by Crippen LogP contribution is -2.06. The Bertz CT molecular complexity index is 835. The first-order valence-electron chi connectivity index (χ1n) is 14.4.